The second kappa shape index (κ2) is 9.08. The smallest absolute Gasteiger partial charge is 0.244 e. The zero-order valence-corrected chi connectivity index (χ0v) is 20.5. The maximum absolute atomic E-state index is 13.0. The molecule has 4 rings (SSSR count). The van der Waals surface area contributed by atoms with Gasteiger partial charge in [0.1, 0.15) is 4.90 Å². The van der Waals surface area contributed by atoms with Crippen LogP contribution in [0, 0.1) is 13.8 Å². The third-order valence-electron chi connectivity index (χ3n) is 5.67. The highest BCUT2D eigenvalue weighted by Gasteiger charge is 2.31. The summed E-state index contributed by atoms with van der Waals surface area (Å²) in [7, 11) is -3.69. The number of rotatable bonds is 5. The van der Waals surface area contributed by atoms with Crippen LogP contribution in [0.4, 0.5) is 5.13 Å². The van der Waals surface area contributed by atoms with Gasteiger partial charge in [-0.25, -0.2) is 13.4 Å². The minimum Gasteiger partial charge on any atom is -0.345 e. The molecule has 3 aromatic rings. The first kappa shape index (κ1) is 22.6. The molecule has 1 fully saturated rings. The lowest BCUT2D eigenvalue weighted by atomic mass is 10.0. The van der Waals surface area contributed by atoms with E-state index in [1.807, 2.05) is 0 Å². The molecule has 1 aliphatic heterocycles. The summed E-state index contributed by atoms with van der Waals surface area (Å²) in [5.41, 5.74) is 4.90. The highest BCUT2D eigenvalue weighted by atomic mass is 35.5. The van der Waals surface area contributed by atoms with Gasteiger partial charge in [0.05, 0.1) is 15.7 Å². The van der Waals surface area contributed by atoms with Gasteiger partial charge < -0.3 is 4.90 Å². The van der Waals surface area contributed by atoms with Crippen LogP contribution >= 0.6 is 34.5 Å². The van der Waals surface area contributed by atoms with E-state index in [2.05, 4.69) is 42.3 Å². The van der Waals surface area contributed by atoms with E-state index in [-0.39, 0.29) is 14.9 Å². The lowest BCUT2D eigenvalue weighted by Crippen LogP contribution is -2.48. The van der Waals surface area contributed by atoms with E-state index in [1.165, 1.54) is 27.1 Å². The fraction of sp³-hybridized carbons (Fsp3) is 0.318. The number of hydrogen-bond acceptors (Lipinski definition) is 5. The van der Waals surface area contributed by atoms with Gasteiger partial charge >= 0.3 is 0 Å². The third kappa shape index (κ3) is 4.61. The van der Waals surface area contributed by atoms with Crippen LogP contribution in [-0.4, -0.2) is 43.9 Å². The average molecular weight is 496 g/mol. The van der Waals surface area contributed by atoms with E-state index < -0.39 is 10.0 Å². The summed E-state index contributed by atoms with van der Waals surface area (Å²) >= 11 is 13.8. The molecule has 0 saturated carbocycles. The van der Waals surface area contributed by atoms with Crippen LogP contribution in [-0.2, 0) is 16.4 Å². The summed E-state index contributed by atoms with van der Waals surface area (Å²) in [4.78, 5) is 7.01. The number of anilines is 1. The Morgan fingerprint density at radius 2 is 1.74 bits per heavy atom. The largest absolute Gasteiger partial charge is 0.345 e. The average Bonchev–Trinajstić information content (AvgIpc) is 3.22. The van der Waals surface area contributed by atoms with Crippen molar-refractivity contribution in [3.05, 3.63) is 74.2 Å². The Labute approximate surface area is 197 Å². The van der Waals surface area contributed by atoms with E-state index in [0.717, 1.165) is 17.2 Å². The van der Waals surface area contributed by atoms with E-state index in [0.29, 0.717) is 26.2 Å². The molecule has 1 aliphatic rings. The molecule has 31 heavy (non-hydrogen) atoms. The monoisotopic (exact) mass is 495 g/mol. The Balaban J connectivity index is 1.44. The van der Waals surface area contributed by atoms with Gasteiger partial charge in [-0.15, -0.1) is 11.3 Å². The zero-order valence-electron chi connectivity index (χ0n) is 17.3. The Hall–Kier alpha value is -1.64. The molecule has 1 saturated heterocycles. The number of halogens is 2. The van der Waals surface area contributed by atoms with Crippen LogP contribution in [0.15, 0.2) is 46.7 Å². The standard InChI is InChI=1S/C22H23Cl2N3O2S2/c1-15-5-3-6-17(16(15)2)13-18-14-30-22(25-18)26-9-11-27(12-10-26)31(28,29)20-8-4-7-19(23)21(20)24/h3-8,14H,9-13H2,1-2H3. The number of benzene rings is 2. The van der Waals surface area contributed by atoms with Crippen molar-refractivity contribution >= 4 is 49.7 Å². The number of piperazine rings is 1. The Morgan fingerprint density at radius 3 is 2.48 bits per heavy atom. The molecule has 0 bridgehead atoms. The fourth-order valence-electron chi connectivity index (χ4n) is 3.66. The molecule has 0 amide bonds. The molecule has 5 nitrogen and oxygen atoms in total. The molecule has 0 unspecified atom stereocenters. The Morgan fingerprint density at radius 1 is 1.03 bits per heavy atom. The summed E-state index contributed by atoms with van der Waals surface area (Å²) in [6.07, 6.45) is 0.797. The van der Waals surface area contributed by atoms with Gasteiger partial charge in [0, 0.05) is 38.0 Å². The number of hydrogen-bond donors (Lipinski definition) is 0. The minimum absolute atomic E-state index is 0.0557. The van der Waals surface area contributed by atoms with E-state index >= 15 is 0 Å². The van der Waals surface area contributed by atoms with Gasteiger partial charge in [-0.3, -0.25) is 0 Å². The number of aryl methyl sites for hydroxylation is 1. The molecule has 0 aliphatic carbocycles. The lowest BCUT2D eigenvalue weighted by Gasteiger charge is -2.34. The van der Waals surface area contributed by atoms with Gasteiger partial charge in [-0.1, -0.05) is 47.5 Å². The first-order chi connectivity index (χ1) is 14.8. The minimum atomic E-state index is -3.69. The molecule has 2 aromatic carbocycles. The molecule has 0 spiro atoms. The number of aromatic nitrogens is 1. The number of sulfonamides is 1. The van der Waals surface area contributed by atoms with Gasteiger partial charge in [-0.05, 0) is 42.7 Å². The summed E-state index contributed by atoms with van der Waals surface area (Å²) in [6, 6.07) is 11.0. The van der Waals surface area contributed by atoms with E-state index in [4.69, 9.17) is 28.2 Å². The molecule has 1 aromatic heterocycles. The number of thiazole rings is 1. The molecule has 2 heterocycles. The third-order valence-corrected chi connectivity index (χ3v) is 9.49. The Kier molecular flexibility index (Phi) is 6.60. The molecule has 164 valence electrons. The van der Waals surface area contributed by atoms with Gasteiger partial charge in [0.15, 0.2) is 5.13 Å². The fourth-order valence-corrected chi connectivity index (χ4v) is 6.70. The zero-order chi connectivity index (χ0) is 22.2. The van der Waals surface area contributed by atoms with Crippen molar-refractivity contribution in [2.75, 3.05) is 31.1 Å². The molecular weight excluding hydrogens is 473 g/mol. The van der Waals surface area contributed by atoms with Crippen molar-refractivity contribution in [2.45, 2.75) is 25.2 Å². The first-order valence-corrected chi connectivity index (χ1v) is 13.0. The molecule has 9 heteroatoms. The van der Waals surface area contributed by atoms with Crippen LogP contribution in [0.25, 0.3) is 0 Å². The second-order valence-corrected chi connectivity index (χ2v) is 11.1. The summed E-state index contributed by atoms with van der Waals surface area (Å²) in [5, 5.41) is 3.33. The van der Waals surface area contributed by atoms with Crippen LogP contribution in [0.5, 0.6) is 0 Å². The maximum Gasteiger partial charge on any atom is 0.244 e. The van der Waals surface area contributed by atoms with Crippen molar-refractivity contribution < 1.29 is 8.42 Å². The molecular formula is C22H23Cl2N3O2S2. The second-order valence-electron chi connectivity index (χ2n) is 7.60. The van der Waals surface area contributed by atoms with E-state index in [1.54, 1.807) is 23.5 Å². The molecule has 0 N–H and O–H groups in total. The maximum atomic E-state index is 13.0. The first-order valence-electron chi connectivity index (χ1n) is 9.96. The molecule has 0 atom stereocenters. The lowest BCUT2D eigenvalue weighted by molar-refractivity contribution is 0.384. The normalized spacial score (nSPS) is 15.4. The predicted molar refractivity (Wildman–Crippen MR) is 128 cm³/mol. The van der Waals surface area contributed by atoms with Crippen molar-refractivity contribution in [1.29, 1.82) is 0 Å². The predicted octanol–water partition coefficient (Wildman–Crippen LogP) is 5.17. The highest BCUT2D eigenvalue weighted by Crippen LogP contribution is 2.32. The highest BCUT2D eigenvalue weighted by molar-refractivity contribution is 7.89. The van der Waals surface area contributed by atoms with Crippen molar-refractivity contribution in [1.82, 2.24) is 9.29 Å². The van der Waals surface area contributed by atoms with Crippen molar-refractivity contribution in [2.24, 2.45) is 0 Å². The summed E-state index contributed by atoms with van der Waals surface area (Å²) < 4.78 is 27.5. The van der Waals surface area contributed by atoms with Crippen LogP contribution in [0.1, 0.15) is 22.4 Å². The molecule has 0 radical (unpaired) electrons. The quantitative estimate of drug-likeness (QED) is 0.489. The van der Waals surface area contributed by atoms with Crippen molar-refractivity contribution in [3.8, 4) is 0 Å². The summed E-state index contributed by atoms with van der Waals surface area (Å²) in [5.74, 6) is 0. The SMILES string of the molecule is Cc1cccc(Cc2csc(N3CCN(S(=O)(=O)c4cccc(Cl)c4Cl)CC3)n2)c1C. The summed E-state index contributed by atoms with van der Waals surface area (Å²) in [6.45, 7) is 6.16. The van der Waals surface area contributed by atoms with Gasteiger partial charge in [0.25, 0.3) is 0 Å². The van der Waals surface area contributed by atoms with Crippen molar-refractivity contribution in [3.63, 3.8) is 0 Å². The van der Waals surface area contributed by atoms with Gasteiger partial charge in [0.2, 0.25) is 10.0 Å². The van der Waals surface area contributed by atoms with Gasteiger partial charge in [-0.2, -0.15) is 4.31 Å². The Bertz CT molecular complexity index is 1200. The topological polar surface area (TPSA) is 53.5 Å². The van der Waals surface area contributed by atoms with E-state index in [9.17, 15) is 8.42 Å². The number of nitrogens with zero attached hydrogens (tertiary/aromatic N) is 3. The van der Waals surface area contributed by atoms with Crippen LogP contribution < -0.4 is 4.90 Å². The van der Waals surface area contributed by atoms with Crippen LogP contribution in [0.3, 0.4) is 0 Å². The van der Waals surface area contributed by atoms with Crippen LogP contribution in [0.2, 0.25) is 10.0 Å².